The number of benzene rings is 2. The van der Waals surface area contributed by atoms with Crippen LogP contribution in [-0.4, -0.2) is 71.7 Å². The number of hydrogen-bond donors (Lipinski definition) is 1. The maximum atomic E-state index is 12.8. The normalized spacial score (nSPS) is 15.7. The highest BCUT2D eigenvalue weighted by atomic mass is 35.5. The molecule has 9 nitrogen and oxygen atoms in total. The molecular formula is C23H29Cl2N3O6S2. The molecule has 0 atom stereocenters. The monoisotopic (exact) mass is 577 g/mol. The summed E-state index contributed by atoms with van der Waals surface area (Å²) >= 11 is 12.0. The molecule has 1 heterocycles. The van der Waals surface area contributed by atoms with Gasteiger partial charge in [0.15, 0.2) is 0 Å². The Balaban J connectivity index is 1.42. The van der Waals surface area contributed by atoms with E-state index < -0.39 is 20.0 Å². The molecule has 0 spiro atoms. The summed E-state index contributed by atoms with van der Waals surface area (Å²) in [7, 11) is -4.16. The van der Waals surface area contributed by atoms with Gasteiger partial charge in [-0.2, -0.15) is 0 Å². The largest absolute Gasteiger partial charge is 0.492 e. The zero-order valence-electron chi connectivity index (χ0n) is 20.0. The van der Waals surface area contributed by atoms with Crippen LogP contribution in [0.4, 0.5) is 0 Å². The van der Waals surface area contributed by atoms with Crippen molar-refractivity contribution in [3.05, 3.63) is 58.1 Å². The number of ether oxygens (including phenoxy) is 1. The molecule has 1 N–H and O–H groups in total. The van der Waals surface area contributed by atoms with Crippen LogP contribution >= 0.6 is 23.2 Å². The molecule has 13 heteroatoms. The first-order valence-electron chi connectivity index (χ1n) is 11.2. The third-order valence-corrected chi connectivity index (χ3v) is 10.1. The predicted molar refractivity (Wildman–Crippen MR) is 139 cm³/mol. The number of halogens is 2. The van der Waals surface area contributed by atoms with E-state index in [1.54, 1.807) is 24.3 Å². The van der Waals surface area contributed by atoms with Gasteiger partial charge in [-0.3, -0.25) is 4.79 Å². The standard InChI is InChI=1S/C23H29Cl2N3O6S2/c1-27(2)36(32,33)21-7-5-20(6-8-21)34-14-11-26-23(29)17-9-12-28(13-10-17)35(30,31)16-18-3-4-19(24)15-22(18)25/h3-8,15,17H,9-14,16H2,1-2H3,(H,26,29). The van der Waals surface area contributed by atoms with Crippen molar-refractivity contribution in [3.8, 4) is 5.75 Å². The van der Waals surface area contributed by atoms with E-state index in [0.29, 0.717) is 34.2 Å². The minimum atomic E-state index is -3.58. The van der Waals surface area contributed by atoms with Gasteiger partial charge in [0.25, 0.3) is 0 Å². The predicted octanol–water partition coefficient (Wildman–Crippen LogP) is 2.98. The molecule has 1 fully saturated rings. The average molecular weight is 579 g/mol. The van der Waals surface area contributed by atoms with Crippen LogP contribution in [0.5, 0.6) is 5.75 Å². The van der Waals surface area contributed by atoms with Gasteiger partial charge in [-0.05, 0) is 54.8 Å². The van der Waals surface area contributed by atoms with Crippen LogP contribution in [0, 0.1) is 5.92 Å². The van der Waals surface area contributed by atoms with Crippen molar-refractivity contribution >= 4 is 49.2 Å². The van der Waals surface area contributed by atoms with Crippen LogP contribution in [0.3, 0.4) is 0 Å². The number of hydrogen-bond acceptors (Lipinski definition) is 6. The summed E-state index contributed by atoms with van der Waals surface area (Å²) in [6, 6.07) is 10.8. The molecule has 2 aromatic rings. The SMILES string of the molecule is CN(C)S(=O)(=O)c1ccc(OCCNC(=O)C2CCN(S(=O)(=O)Cc3ccc(Cl)cc3Cl)CC2)cc1. The van der Waals surface area contributed by atoms with E-state index in [2.05, 4.69) is 5.32 Å². The van der Waals surface area contributed by atoms with Crippen molar-refractivity contribution in [1.29, 1.82) is 0 Å². The number of nitrogens with zero attached hydrogens (tertiary/aromatic N) is 2. The lowest BCUT2D eigenvalue weighted by Crippen LogP contribution is -2.44. The van der Waals surface area contributed by atoms with E-state index in [9.17, 15) is 21.6 Å². The van der Waals surface area contributed by atoms with Crippen LogP contribution < -0.4 is 10.1 Å². The number of rotatable bonds is 10. The van der Waals surface area contributed by atoms with E-state index in [1.807, 2.05) is 0 Å². The molecule has 0 radical (unpaired) electrons. The maximum absolute atomic E-state index is 12.8. The van der Waals surface area contributed by atoms with Crippen molar-refractivity contribution < 1.29 is 26.4 Å². The number of nitrogens with one attached hydrogen (secondary N) is 1. The Morgan fingerprint density at radius 1 is 1.06 bits per heavy atom. The van der Waals surface area contributed by atoms with Gasteiger partial charge in [0, 0.05) is 43.1 Å². The Labute approximate surface area is 222 Å². The molecule has 0 aromatic heterocycles. The molecule has 1 saturated heterocycles. The molecule has 0 unspecified atom stereocenters. The van der Waals surface area contributed by atoms with E-state index in [0.717, 1.165) is 4.31 Å². The van der Waals surface area contributed by atoms with Gasteiger partial charge in [0.2, 0.25) is 26.0 Å². The minimum absolute atomic E-state index is 0.149. The lowest BCUT2D eigenvalue weighted by atomic mass is 9.97. The van der Waals surface area contributed by atoms with Gasteiger partial charge in [-0.15, -0.1) is 0 Å². The highest BCUT2D eigenvalue weighted by Gasteiger charge is 2.31. The molecule has 0 bridgehead atoms. The summed E-state index contributed by atoms with van der Waals surface area (Å²) in [6.07, 6.45) is 0.837. The molecule has 198 valence electrons. The van der Waals surface area contributed by atoms with E-state index in [1.165, 1.54) is 36.6 Å². The highest BCUT2D eigenvalue weighted by Crippen LogP contribution is 2.26. The third-order valence-electron chi connectivity index (χ3n) is 5.84. The minimum Gasteiger partial charge on any atom is -0.492 e. The second-order valence-electron chi connectivity index (χ2n) is 8.56. The van der Waals surface area contributed by atoms with Crippen LogP contribution in [-0.2, 0) is 30.6 Å². The van der Waals surface area contributed by atoms with E-state index in [4.69, 9.17) is 27.9 Å². The fourth-order valence-corrected chi connectivity index (χ4v) is 6.78. The van der Waals surface area contributed by atoms with E-state index >= 15 is 0 Å². The second kappa shape index (κ2) is 12.1. The average Bonchev–Trinajstić information content (AvgIpc) is 2.83. The summed E-state index contributed by atoms with van der Waals surface area (Å²) < 4.78 is 57.9. The van der Waals surface area contributed by atoms with Crippen LogP contribution in [0.15, 0.2) is 47.4 Å². The molecule has 1 aliphatic rings. The van der Waals surface area contributed by atoms with Gasteiger partial charge < -0.3 is 10.1 Å². The summed E-state index contributed by atoms with van der Waals surface area (Å²) in [5, 5.41) is 3.55. The van der Waals surface area contributed by atoms with Crippen LogP contribution in [0.25, 0.3) is 0 Å². The Bertz CT molecular complexity index is 1280. The first-order valence-corrected chi connectivity index (χ1v) is 15.1. The number of sulfonamides is 2. The second-order valence-corrected chi connectivity index (χ2v) is 13.5. The van der Waals surface area contributed by atoms with Gasteiger partial charge in [-0.25, -0.2) is 25.4 Å². The first kappa shape index (κ1) is 28.7. The molecular weight excluding hydrogens is 549 g/mol. The van der Waals surface area contributed by atoms with Crippen molar-refractivity contribution in [3.63, 3.8) is 0 Å². The van der Waals surface area contributed by atoms with Gasteiger partial charge >= 0.3 is 0 Å². The Morgan fingerprint density at radius 2 is 1.69 bits per heavy atom. The third kappa shape index (κ3) is 7.33. The number of piperidine rings is 1. The zero-order valence-corrected chi connectivity index (χ0v) is 23.1. The number of amides is 1. The summed E-state index contributed by atoms with van der Waals surface area (Å²) in [5.41, 5.74) is 0.481. The quantitative estimate of drug-likeness (QED) is 0.434. The fraction of sp³-hybridized carbons (Fsp3) is 0.435. The summed E-state index contributed by atoms with van der Waals surface area (Å²) in [5.74, 6) is -0.171. The lowest BCUT2D eigenvalue weighted by Gasteiger charge is -2.30. The number of carbonyl (C=O) groups is 1. The lowest BCUT2D eigenvalue weighted by molar-refractivity contribution is -0.126. The molecule has 0 saturated carbocycles. The molecule has 1 aliphatic heterocycles. The maximum Gasteiger partial charge on any atom is 0.242 e. The topological polar surface area (TPSA) is 113 Å². The number of carbonyl (C=O) groups excluding carboxylic acids is 1. The van der Waals surface area contributed by atoms with Crippen molar-refractivity contribution in [2.45, 2.75) is 23.5 Å². The smallest absolute Gasteiger partial charge is 0.242 e. The molecule has 0 aliphatic carbocycles. The van der Waals surface area contributed by atoms with E-state index in [-0.39, 0.29) is 48.7 Å². The highest BCUT2D eigenvalue weighted by molar-refractivity contribution is 7.89. The molecule has 2 aromatic carbocycles. The van der Waals surface area contributed by atoms with Gasteiger partial charge in [0.1, 0.15) is 12.4 Å². The van der Waals surface area contributed by atoms with Crippen molar-refractivity contribution in [2.24, 2.45) is 5.92 Å². The summed E-state index contributed by atoms with van der Waals surface area (Å²) in [4.78, 5) is 12.7. The first-order chi connectivity index (χ1) is 16.9. The van der Waals surface area contributed by atoms with Crippen molar-refractivity contribution in [2.75, 3.05) is 40.3 Å². The van der Waals surface area contributed by atoms with Gasteiger partial charge in [0.05, 0.1) is 17.2 Å². The Hall–Kier alpha value is -1.89. The summed E-state index contributed by atoms with van der Waals surface area (Å²) in [6.45, 7) is 0.986. The zero-order chi connectivity index (χ0) is 26.5. The van der Waals surface area contributed by atoms with Crippen LogP contribution in [0.1, 0.15) is 18.4 Å². The van der Waals surface area contributed by atoms with Crippen LogP contribution in [0.2, 0.25) is 10.0 Å². The van der Waals surface area contributed by atoms with Gasteiger partial charge in [-0.1, -0.05) is 29.3 Å². The molecule has 3 rings (SSSR count). The Morgan fingerprint density at radius 3 is 2.28 bits per heavy atom. The fourth-order valence-electron chi connectivity index (χ4n) is 3.73. The Kier molecular flexibility index (Phi) is 9.64. The molecule has 36 heavy (non-hydrogen) atoms. The molecule has 1 amide bonds. The van der Waals surface area contributed by atoms with Crippen molar-refractivity contribution in [1.82, 2.24) is 13.9 Å².